The second-order valence-electron chi connectivity index (χ2n) is 5.73. The van der Waals surface area contributed by atoms with Crippen LogP contribution in [0.4, 0.5) is 0 Å². The molecule has 4 unspecified atom stereocenters. The Morgan fingerprint density at radius 2 is 1.04 bits per heavy atom. The quantitative estimate of drug-likeness (QED) is 0.298. The first-order chi connectivity index (χ1) is 10.9. The minimum absolute atomic E-state index is 0. The van der Waals surface area contributed by atoms with Crippen LogP contribution in [0.2, 0.25) is 0 Å². The number of rotatable bonds is 4. The van der Waals surface area contributed by atoms with Crippen LogP contribution in [0.3, 0.4) is 0 Å². The Kier molecular flexibility index (Phi) is 7.96. The third kappa shape index (κ3) is 5.63. The molecule has 0 saturated carbocycles. The van der Waals surface area contributed by atoms with Crippen LogP contribution in [0.15, 0.2) is 0 Å². The monoisotopic (exact) mass is 409 g/mol. The Morgan fingerprint density at radius 1 is 0.760 bits per heavy atom. The summed E-state index contributed by atoms with van der Waals surface area (Å²) in [4.78, 5) is 41.7. The molecule has 2 saturated heterocycles. The molecule has 0 aromatic heterocycles. The summed E-state index contributed by atoms with van der Waals surface area (Å²) in [6.07, 6.45) is -0.366. The van der Waals surface area contributed by atoms with Crippen LogP contribution in [-0.4, -0.2) is 80.6 Å². The van der Waals surface area contributed by atoms with Crippen molar-refractivity contribution in [2.24, 2.45) is 0 Å². The molecule has 145 valence electrons. The summed E-state index contributed by atoms with van der Waals surface area (Å²) < 4.78 is 0. The molecule has 4 atom stereocenters. The van der Waals surface area contributed by atoms with Gasteiger partial charge in [-0.1, -0.05) is 0 Å². The molecule has 0 spiro atoms. The van der Waals surface area contributed by atoms with Gasteiger partial charge in [-0.15, -0.1) is 0 Å². The van der Waals surface area contributed by atoms with E-state index >= 15 is 0 Å². The second kappa shape index (κ2) is 8.56. The maximum atomic E-state index is 10.5. The van der Waals surface area contributed by atoms with Crippen molar-refractivity contribution >= 4 is 23.9 Å². The second-order valence-corrected chi connectivity index (χ2v) is 5.73. The molecule has 0 aromatic rings. The first kappa shape index (κ1) is 23.2. The van der Waals surface area contributed by atoms with Crippen molar-refractivity contribution in [2.45, 2.75) is 36.0 Å². The molecule has 2 aliphatic heterocycles. The number of hydrogen-bond donors (Lipinski definition) is 6. The molecular weight excluding hydrogens is 392 g/mol. The molecule has 13 heteroatoms. The van der Waals surface area contributed by atoms with E-state index in [1.165, 1.54) is 0 Å². The zero-order valence-corrected chi connectivity index (χ0v) is 13.6. The maximum Gasteiger partial charge on any atom is 2.00 e. The van der Waals surface area contributed by atoms with Crippen LogP contribution >= 0.6 is 0 Å². The van der Waals surface area contributed by atoms with Gasteiger partial charge in [0.2, 0.25) is 0 Å². The Labute approximate surface area is 152 Å². The van der Waals surface area contributed by atoms with Gasteiger partial charge in [0, 0.05) is 0 Å². The van der Waals surface area contributed by atoms with E-state index in [0.717, 1.165) is 0 Å². The molecule has 8 N–H and O–H groups in total. The first-order valence-electron chi connectivity index (χ1n) is 6.80. The predicted octanol–water partition coefficient (Wildman–Crippen LogP) is -1.39. The topological polar surface area (TPSA) is 221 Å². The summed E-state index contributed by atoms with van der Waals surface area (Å²) in [6.45, 7) is -0.224. The van der Waals surface area contributed by atoms with Crippen LogP contribution in [0, 0.1) is 0 Å². The summed E-state index contributed by atoms with van der Waals surface area (Å²) in [5.41, 5.74) is 11.3. The van der Waals surface area contributed by atoms with E-state index in [4.69, 9.17) is 31.9 Å². The van der Waals surface area contributed by atoms with E-state index in [1.54, 1.807) is 0 Å². The van der Waals surface area contributed by atoms with Crippen molar-refractivity contribution in [3.05, 3.63) is 11.5 Å². The minimum Gasteiger partial charge on any atom is -0.661 e. The Bertz CT molecular complexity index is 513. The van der Waals surface area contributed by atoms with Gasteiger partial charge in [-0.3, -0.25) is 19.2 Å². The number of hydrogen-bond acceptors (Lipinski definition) is 6. The van der Waals surface area contributed by atoms with E-state index in [9.17, 15) is 19.2 Å². The van der Waals surface area contributed by atoms with Crippen LogP contribution < -0.4 is 10.6 Å². The van der Waals surface area contributed by atoms with E-state index < -0.39 is 47.0 Å². The molecule has 0 amide bonds. The van der Waals surface area contributed by atoms with E-state index in [-0.39, 0.29) is 43.0 Å². The molecular formula is C12H18CuN4O8. The fraction of sp³-hybridized carbons (Fsp3) is 0.667. The van der Waals surface area contributed by atoms with Gasteiger partial charge in [0.05, 0.1) is 0 Å². The third-order valence-corrected chi connectivity index (χ3v) is 3.82. The van der Waals surface area contributed by atoms with Crippen molar-refractivity contribution in [3.63, 3.8) is 0 Å². The maximum absolute atomic E-state index is 10.5. The number of carbonyl (C=O) groups is 4. The van der Waals surface area contributed by atoms with Gasteiger partial charge >= 0.3 is 29.0 Å². The minimum atomic E-state index is -1.68. The van der Waals surface area contributed by atoms with Crippen molar-refractivity contribution in [3.8, 4) is 0 Å². The number of nitrogens with one attached hydrogen (secondary N) is 4. The number of carboxylic acids is 4. The summed E-state index contributed by atoms with van der Waals surface area (Å²) in [7, 11) is 0. The first-order valence-corrected chi connectivity index (χ1v) is 6.80. The fourth-order valence-electron chi connectivity index (χ4n) is 2.26. The normalized spacial score (nSPS) is 33.5. The molecule has 0 aromatic carbocycles. The molecule has 12 nitrogen and oxygen atoms in total. The molecule has 1 radical (unpaired) electrons. The van der Waals surface area contributed by atoms with Gasteiger partial charge in [0.15, 0.2) is 0 Å². The zero-order chi connectivity index (χ0) is 18.7. The smallest absolute Gasteiger partial charge is 0.661 e. The van der Waals surface area contributed by atoms with E-state index in [1.807, 2.05) is 0 Å². The van der Waals surface area contributed by atoms with Crippen LogP contribution in [0.25, 0.3) is 11.5 Å². The number of aliphatic carboxylic acids is 4. The Hall–Kier alpha value is -1.76. The van der Waals surface area contributed by atoms with E-state index in [2.05, 4.69) is 10.6 Å². The van der Waals surface area contributed by atoms with Gasteiger partial charge in [-0.05, 0) is 37.0 Å². The summed E-state index contributed by atoms with van der Waals surface area (Å²) in [5.74, 6) is -4.77. The predicted molar refractivity (Wildman–Crippen MR) is 77.5 cm³/mol. The van der Waals surface area contributed by atoms with Crippen molar-refractivity contribution in [1.29, 1.82) is 0 Å². The van der Waals surface area contributed by atoms with Gasteiger partial charge in [-0.2, -0.15) is 0 Å². The van der Waals surface area contributed by atoms with Gasteiger partial charge in [0.1, 0.15) is 12.1 Å². The largest absolute Gasteiger partial charge is 2.00 e. The van der Waals surface area contributed by atoms with E-state index in [0.29, 0.717) is 0 Å². The van der Waals surface area contributed by atoms with Crippen molar-refractivity contribution in [1.82, 2.24) is 10.6 Å². The van der Waals surface area contributed by atoms with Crippen LogP contribution in [0.1, 0.15) is 12.8 Å². The van der Waals surface area contributed by atoms with Crippen molar-refractivity contribution < 1.29 is 56.7 Å². The number of carboxylic acid groups (broad SMARTS) is 4. The summed E-state index contributed by atoms with van der Waals surface area (Å²) in [5, 5.41) is 39.0. The zero-order valence-electron chi connectivity index (χ0n) is 12.7. The summed E-state index contributed by atoms with van der Waals surface area (Å²) in [6, 6.07) is -1.81. The molecule has 2 heterocycles. The molecule has 0 bridgehead atoms. The van der Waals surface area contributed by atoms with Crippen LogP contribution in [0.5, 0.6) is 0 Å². The summed E-state index contributed by atoms with van der Waals surface area (Å²) >= 11 is 0. The molecule has 2 fully saturated rings. The SMILES string of the molecule is [Cu+2].[NH-]C1(C(=O)O)CNC(C(=O)O)C1.[NH-]C1(C(=O)O)CNC(C(=O)O)C1. The fourth-order valence-corrected chi connectivity index (χ4v) is 2.26. The van der Waals surface area contributed by atoms with Crippen molar-refractivity contribution in [2.75, 3.05) is 13.1 Å². The Balaban J connectivity index is 0.000000443. The molecule has 2 aliphatic rings. The molecule has 25 heavy (non-hydrogen) atoms. The molecule has 2 rings (SSSR count). The Morgan fingerprint density at radius 3 is 1.16 bits per heavy atom. The molecule has 0 aliphatic carbocycles. The standard InChI is InChI=1S/2C6H9N2O4.Cu/c2*7-6(5(11)12)1-3(4(9)10)8-2-6;/h2*3,7-8H,1-2H2,(H,9,10)(H,11,12);/q2*-1;+2. The average molecular weight is 410 g/mol. The third-order valence-electron chi connectivity index (χ3n) is 3.82. The van der Waals surface area contributed by atoms with Gasteiger partial charge < -0.3 is 42.5 Å². The van der Waals surface area contributed by atoms with Crippen LogP contribution in [-0.2, 0) is 36.2 Å². The van der Waals surface area contributed by atoms with Gasteiger partial charge in [-0.25, -0.2) is 0 Å². The van der Waals surface area contributed by atoms with Gasteiger partial charge in [0.25, 0.3) is 11.9 Å². The average Bonchev–Trinajstić information content (AvgIpc) is 3.05.